The Balaban J connectivity index is 1.97. The van der Waals surface area contributed by atoms with Gasteiger partial charge in [-0.1, -0.05) is 12.1 Å². The zero-order valence-corrected chi connectivity index (χ0v) is 19.6. The lowest BCUT2D eigenvalue weighted by Crippen LogP contribution is -2.55. The van der Waals surface area contributed by atoms with Crippen LogP contribution in [0.1, 0.15) is 16.8 Å². The number of carboxylic acids is 1. The Morgan fingerprint density at radius 1 is 1.11 bits per heavy atom. The SMILES string of the molecule is NOC(=O)N1CC(NC(=O)c2ccc(O)c(O)c2)C(=O)N(CC(=O)NC(C=O)CC(=O)O)c2ccccc21. The first-order valence-corrected chi connectivity index (χ1v) is 10.9. The number of aliphatic carboxylic acids is 1. The van der Waals surface area contributed by atoms with E-state index in [-0.39, 0.29) is 23.2 Å². The molecule has 7 N–H and O–H groups in total. The number of amides is 4. The van der Waals surface area contributed by atoms with E-state index >= 15 is 0 Å². The summed E-state index contributed by atoms with van der Waals surface area (Å²) in [5.74, 6) is 0.0568. The highest BCUT2D eigenvalue weighted by Gasteiger charge is 2.38. The molecule has 15 heteroatoms. The summed E-state index contributed by atoms with van der Waals surface area (Å²) in [6.45, 7) is -1.19. The maximum atomic E-state index is 13.6. The van der Waals surface area contributed by atoms with Crippen LogP contribution in [0.3, 0.4) is 0 Å². The molecule has 38 heavy (non-hydrogen) atoms. The first-order valence-electron chi connectivity index (χ1n) is 10.9. The molecule has 0 saturated heterocycles. The first kappa shape index (κ1) is 27.4. The third-order valence-electron chi connectivity index (χ3n) is 5.46. The lowest BCUT2D eigenvalue weighted by atomic mass is 10.1. The summed E-state index contributed by atoms with van der Waals surface area (Å²) < 4.78 is 0. The molecular formula is C23H23N5O10. The summed E-state index contributed by atoms with van der Waals surface area (Å²) in [6, 6.07) is 6.26. The highest BCUT2D eigenvalue weighted by Crippen LogP contribution is 2.33. The number of carboxylic acid groups (broad SMARTS) is 1. The molecule has 0 fully saturated rings. The van der Waals surface area contributed by atoms with Crippen LogP contribution in [0.5, 0.6) is 11.5 Å². The van der Waals surface area contributed by atoms with Gasteiger partial charge in [-0.2, -0.15) is 5.90 Å². The fourth-order valence-electron chi connectivity index (χ4n) is 3.72. The van der Waals surface area contributed by atoms with Crippen LogP contribution in [0.25, 0.3) is 0 Å². The number of aromatic hydroxyl groups is 2. The second-order valence-corrected chi connectivity index (χ2v) is 8.04. The van der Waals surface area contributed by atoms with Gasteiger partial charge in [0, 0.05) is 5.56 Å². The van der Waals surface area contributed by atoms with Crippen LogP contribution in [0.4, 0.5) is 16.2 Å². The van der Waals surface area contributed by atoms with E-state index in [2.05, 4.69) is 15.5 Å². The molecule has 0 bridgehead atoms. The summed E-state index contributed by atoms with van der Waals surface area (Å²) in [5, 5.41) is 32.7. The summed E-state index contributed by atoms with van der Waals surface area (Å²) >= 11 is 0. The Bertz CT molecular complexity index is 1280. The molecule has 4 amide bonds. The molecule has 0 spiro atoms. The second-order valence-electron chi connectivity index (χ2n) is 8.04. The minimum atomic E-state index is -1.47. The van der Waals surface area contributed by atoms with Crippen molar-refractivity contribution in [2.24, 2.45) is 5.90 Å². The zero-order valence-electron chi connectivity index (χ0n) is 19.6. The van der Waals surface area contributed by atoms with Crippen molar-refractivity contribution in [2.45, 2.75) is 18.5 Å². The molecular weight excluding hydrogens is 506 g/mol. The van der Waals surface area contributed by atoms with Crippen molar-refractivity contribution in [3.8, 4) is 11.5 Å². The number of nitrogens with two attached hydrogens (primary N) is 1. The maximum absolute atomic E-state index is 13.6. The van der Waals surface area contributed by atoms with Crippen molar-refractivity contribution in [1.29, 1.82) is 0 Å². The molecule has 1 aliphatic heterocycles. The van der Waals surface area contributed by atoms with E-state index in [0.717, 1.165) is 21.9 Å². The number of hydrogen-bond donors (Lipinski definition) is 6. The maximum Gasteiger partial charge on any atom is 0.433 e. The molecule has 3 rings (SSSR count). The van der Waals surface area contributed by atoms with Gasteiger partial charge in [0.2, 0.25) is 5.91 Å². The molecule has 0 aromatic heterocycles. The third kappa shape index (κ3) is 6.14. The van der Waals surface area contributed by atoms with Crippen LogP contribution < -0.4 is 26.3 Å². The third-order valence-corrected chi connectivity index (χ3v) is 5.46. The van der Waals surface area contributed by atoms with Crippen LogP contribution in [0, 0.1) is 0 Å². The number of benzene rings is 2. The minimum absolute atomic E-state index is 0.0537. The number of para-hydroxylation sites is 2. The van der Waals surface area contributed by atoms with Crippen LogP contribution in [0.15, 0.2) is 42.5 Å². The smallest absolute Gasteiger partial charge is 0.433 e. The zero-order chi connectivity index (χ0) is 28.0. The van der Waals surface area contributed by atoms with Crippen molar-refractivity contribution in [3.05, 3.63) is 48.0 Å². The van der Waals surface area contributed by atoms with Gasteiger partial charge in [0.05, 0.1) is 30.4 Å². The predicted molar refractivity (Wildman–Crippen MR) is 128 cm³/mol. The molecule has 2 aromatic carbocycles. The number of anilines is 2. The Labute approximate surface area is 214 Å². The van der Waals surface area contributed by atoms with Gasteiger partial charge < -0.3 is 35.6 Å². The van der Waals surface area contributed by atoms with Crippen LogP contribution in [0.2, 0.25) is 0 Å². The van der Waals surface area contributed by atoms with Gasteiger partial charge in [-0.3, -0.25) is 29.0 Å². The Morgan fingerprint density at radius 3 is 2.39 bits per heavy atom. The number of carbonyl (C=O) groups excluding carboxylic acids is 5. The predicted octanol–water partition coefficient (Wildman–Crippen LogP) is -0.782. The minimum Gasteiger partial charge on any atom is -0.504 e. The molecule has 0 radical (unpaired) electrons. The van der Waals surface area contributed by atoms with Crippen LogP contribution in [-0.4, -0.2) is 76.6 Å². The van der Waals surface area contributed by atoms with E-state index < -0.39 is 72.9 Å². The number of nitrogens with zero attached hydrogens (tertiary/aromatic N) is 2. The largest absolute Gasteiger partial charge is 0.504 e. The number of hydrogen-bond acceptors (Lipinski definition) is 10. The standard InChI is InChI=1S/C23H23N5O10/c24-38-23(37)28-9-14(26-21(35)12-5-6-17(30)18(31)7-12)22(36)27(15-3-1-2-4-16(15)28)10-19(32)25-13(11-29)8-20(33)34/h1-7,11,13-14,30-31H,8-10,24H2,(H,25,32)(H,26,35)(H,33,34). The van der Waals surface area contributed by atoms with Gasteiger partial charge in [0.1, 0.15) is 18.9 Å². The lowest BCUT2D eigenvalue weighted by Gasteiger charge is -2.25. The van der Waals surface area contributed by atoms with Crippen molar-refractivity contribution < 1.29 is 48.9 Å². The van der Waals surface area contributed by atoms with E-state index in [1.165, 1.54) is 30.3 Å². The van der Waals surface area contributed by atoms with Crippen molar-refractivity contribution in [2.75, 3.05) is 22.9 Å². The Hall–Kier alpha value is -5.18. The average molecular weight is 529 g/mol. The molecule has 0 aliphatic carbocycles. The second kappa shape index (κ2) is 11.7. The quantitative estimate of drug-likeness (QED) is 0.141. The van der Waals surface area contributed by atoms with Crippen LogP contribution in [-0.2, 0) is 24.0 Å². The summed E-state index contributed by atoms with van der Waals surface area (Å²) in [6.07, 6.45) is -1.53. The molecule has 2 atom stereocenters. The number of fused-ring (bicyclic) bond motifs is 1. The first-order chi connectivity index (χ1) is 18.0. The Kier molecular flexibility index (Phi) is 8.44. The molecule has 200 valence electrons. The average Bonchev–Trinajstić information content (AvgIpc) is 2.99. The molecule has 15 nitrogen and oxygen atoms in total. The van der Waals surface area contributed by atoms with E-state index in [4.69, 9.17) is 11.0 Å². The van der Waals surface area contributed by atoms with Crippen molar-refractivity contribution >= 4 is 47.4 Å². The van der Waals surface area contributed by atoms with Gasteiger partial charge >= 0.3 is 12.1 Å². The molecule has 2 unspecified atom stereocenters. The summed E-state index contributed by atoms with van der Waals surface area (Å²) in [4.78, 5) is 80.0. The molecule has 1 aliphatic rings. The van der Waals surface area contributed by atoms with Gasteiger partial charge in [-0.25, -0.2) is 4.79 Å². The van der Waals surface area contributed by atoms with Gasteiger partial charge in [-0.15, -0.1) is 0 Å². The summed E-state index contributed by atoms with van der Waals surface area (Å²) in [7, 11) is 0. The Morgan fingerprint density at radius 2 is 1.79 bits per heavy atom. The van der Waals surface area contributed by atoms with E-state index in [1.807, 2.05) is 0 Å². The number of rotatable bonds is 8. The lowest BCUT2D eigenvalue weighted by molar-refractivity contribution is -0.138. The van der Waals surface area contributed by atoms with E-state index in [9.17, 15) is 39.0 Å². The highest BCUT2D eigenvalue weighted by molar-refractivity contribution is 6.10. The summed E-state index contributed by atoms with van der Waals surface area (Å²) in [5.41, 5.74) is 0.0214. The number of nitrogens with one attached hydrogen (secondary N) is 2. The number of carbonyl (C=O) groups is 6. The number of phenolic OH excluding ortho intramolecular Hbond substituents is 2. The normalized spacial score (nSPS) is 15.5. The van der Waals surface area contributed by atoms with Crippen LogP contribution >= 0.6 is 0 Å². The highest BCUT2D eigenvalue weighted by atomic mass is 16.7. The molecule has 1 heterocycles. The monoisotopic (exact) mass is 529 g/mol. The van der Waals surface area contributed by atoms with E-state index in [0.29, 0.717) is 0 Å². The van der Waals surface area contributed by atoms with Crippen molar-refractivity contribution in [3.63, 3.8) is 0 Å². The number of phenols is 2. The molecule has 2 aromatic rings. The van der Waals surface area contributed by atoms with Gasteiger partial charge in [0.25, 0.3) is 11.8 Å². The van der Waals surface area contributed by atoms with E-state index in [1.54, 1.807) is 0 Å². The number of aldehydes is 1. The fraction of sp³-hybridized carbons (Fsp3) is 0.217. The molecule has 0 saturated carbocycles. The fourth-order valence-corrected chi connectivity index (χ4v) is 3.72. The van der Waals surface area contributed by atoms with Gasteiger partial charge in [0.15, 0.2) is 11.5 Å². The topological polar surface area (TPSA) is 229 Å². The van der Waals surface area contributed by atoms with Crippen molar-refractivity contribution in [1.82, 2.24) is 10.6 Å². The van der Waals surface area contributed by atoms with Gasteiger partial charge in [-0.05, 0) is 30.3 Å².